The molecule has 4 aliphatic rings. The Bertz CT molecular complexity index is 3470. The number of para-hydroxylation sites is 2. The van der Waals surface area contributed by atoms with Gasteiger partial charge in [0.05, 0.1) is 16.5 Å². The molecule has 1 spiro atoms. The van der Waals surface area contributed by atoms with Crippen LogP contribution >= 0.6 is 0 Å². The SMILES string of the molecule is c1ccc(N(c2ccc3c(c2)-c2ccccc2C3(c2ccccc2)c2ccccc2)c2cccc3c2Oc2cc4c(cc2O3)C2(c3ccccc3-c3ccccc32)c2ccccc2-4)cc1. The molecular weight excluding hydrogens is 791 g/mol. The van der Waals surface area contributed by atoms with Gasteiger partial charge < -0.3 is 14.4 Å². The average Bonchev–Trinajstić information content (AvgIpc) is 3.96. The maximum absolute atomic E-state index is 7.19. The Hall–Kier alpha value is -8.40. The minimum absolute atomic E-state index is 0.478. The fourth-order valence-electron chi connectivity index (χ4n) is 11.9. The average molecular weight is 830 g/mol. The second-order valence-electron chi connectivity index (χ2n) is 17.5. The summed E-state index contributed by atoms with van der Waals surface area (Å²) in [5.41, 5.74) is 19.4. The van der Waals surface area contributed by atoms with Crippen LogP contribution in [0, 0.1) is 0 Å². The van der Waals surface area contributed by atoms with Gasteiger partial charge in [-0.2, -0.15) is 0 Å². The summed E-state index contributed by atoms with van der Waals surface area (Å²) in [6.45, 7) is 0. The maximum atomic E-state index is 7.19. The Morgan fingerprint density at radius 1 is 0.277 bits per heavy atom. The summed E-state index contributed by atoms with van der Waals surface area (Å²) >= 11 is 0. The zero-order valence-corrected chi connectivity index (χ0v) is 35.3. The van der Waals surface area contributed by atoms with Crippen molar-refractivity contribution in [2.75, 3.05) is 4.90 Å². The van der Waals surface area contributed by atoms with Gasteiger partial charge in [0, 0.05) is 11.4 Å². The third-order valence-corrected chi connectivity index (χ3v) is 14.4. The van der Waals surface area contributed by atoms with Crippen molar-refractivity contribution in [2.24, 2.45) is 0 Å². The van der Waals surface area contributed by atoms with Crippen molar-refractivity contribution in [3.63, 3.8) is 0 Å². The number of nitrogens with zero attached hydrogens (tertiary/aromatic N) is 1. The van der Waals surface area contributed by atoms with E-state index in [0.717, 1.165) is 22.6 Å². The van der Waals surface area contributed by atoms with Gasteiger partial charge in [-0.1, -0.05) is 188 Å². The smallest absolute Gasteiger partial charge is 0.194 e. The van der Waals surface area contributed by atoms with E-state index in [0.29, 0.717) is 23.0 Å². The third kappa shape index (κ3) is 4.79. The van der Waals surface area contributed by atoms with Gasteiger partial charge in [-0.05, 0) is 126 Å². The van der Waals surface area contributed by atoms with Gasteiger partial charge >= 0.3 is 0 Å². The maximum Gasteiger partial charge on any atom is 0.194 e. The summed E-state index contributed by atoms with van der Waals surface area (Å²) < 4.78 is 14.2. The summed E-state index contributed by atoms with van der Waals surface area (Å²) in [6.07, 6.45) is 0. The fourth-order valence-corrected chi connectivity index (χ4v) is 11.9. The molecule has 3 nitrogen and oxygen atoms in total. The normalized spacial score (nSPS) is 14.3. The molecule has 1 heterocycles. The highest BCUT2D eigenvalue weighted by atomic mass is 16.6. The summed E-state index contributed by atoms with van der Waals surface area (Å²) in [7, 11) is 0. The van der Waals surface area contributed by atoms with Crippen LogP contribution in [0.1, 0.15) is 44.5 Å². The van der Waals surface area contributed by atoms with Crippen molar-refractivity contribution in [3.8, 4) is 56.4 Å². The van der Waals surface area contributed by atoms with E-state index in [9.17, 15) is 0 Å². The molecule has 0 atom stereocenters. The van der Waals surface area contributed by atoms with Crippen LogP contribution in [0.5, 0.6) is 23.0 Å². The molecule has 304 valence electrons. The van der Waals surface area contributed by atoms with Gasteiger partial charge in [-0.25, -0.2) is 0 Å². The molecule has 0 amide bonds. The quantitative estimate of drug-likeness (QED) is 0.172. The first-order valence-electron chi connectivity index (χ1n) is 22.4. The van der Waals surface area contributed by atoms with Crippen molar-refractivity contribution >= 4 is 17.1 Å². The standard InChI is InChI=1S/C62H39NO2/c1-4-19-40(20-5-1)61(41-21-6-2-7-22-41)50-29-14-12-27-46(50)48-37-43(35-36-54(48)61)63(42-23-8-3-9-24-42)56-33-18-34-57-60(56)65-58-38-49-47-28-13-17-32-53(47)62(55(49)39-59(58)64-57)51-30-15-10-25-44(51)45-26-11-16-31-52(45)62/h1-39H. The number of hydrogen-bond acceptors (Lipinski definition) is 3. The molecule has 0 unspecified atom stereocenters. The van der Waals surface area contributed by atoms with Crippen LogP contribution in [0.2, 0.25) is 0 Å². The molecule has 0 bridgehead atoms. The number of benzene rings is 10. The number of rotatable bonds is 5. The van der Waals surface area contributed by atoms with E-state index >= 15 is 0 Å². The van der Waals surface area contributed by atoms with Crippen LogP contribution in [0.25, 0.3) is 33.4 Å². The molecule has 3 heteroatoms. The van der Waals surface area contributed by atoms with E-state index < -0.39 is 10.8 Å². The van der Waals surface area contributed by atoms with Crippen LogP contribution in [-0.4, -0.2) is 0 Å². The highest BCUT2D eigenvalue weighted by Crippen LogP contribution is 2.65. The van der Waals surface area contributed by atoms with Crippen molar-refractivity contribution in [3.05, 3.63) is 281 Å². The van der Waals surface area contributed by atoms with Crippen LogP contribution in [0.4, 0.5) is 17.1 Å². The second-order valence-corrected chi connectivity index (χ2v) is 17.5. The molecule has 3 aliphatic carbocycles. The number of fused-ring (bicyclic) bond motifs is 15. The highest BCUT2D eigenvalue weighted by Gasteiger charge is 2.52. The minimum Gasteiger partial charge on any atom is -0.449 e. The molecular formula is C62H39NO2. The Morgan fingerprint density at radius 3 is 1.32 bits per heavy atom. The first-order chi connectivity index (χ1) is 32.2. The second kappa shape index (κ2) is 13.6. The highest BCUT2D eigenvalue weighted by molar-refractivity contribution is 5.97. The largest absolute Gasteiger partial charge is 0.449 e. The zero-order valence-electron chi connectivity index (χ0n) is 35.3. The number of anilines is 3. The molecule has 10 aromatic carbocycles. The Labute approximate surface area is 378 Å². The molecule has 14 rings (SSSR count). The van der Waals surface area contributed by atoms with Crippen LogP contribution in [-0.2, 0) is 10.8 Å². The van der Waals surface area contributed by atoms with Crippen LogP contribution in [0.3, 0.4) is 0 Å². The summed E-state index contributed by atoms with van der Waals surface area (Å²) in [6, 6.07) is 85.8. The molecule has 10 aromatic rings. The van der Waals surface area contributed by atoms with E-state index in [1.54, 1.807) is 0 Å². The van der Waals surface area contributed by atoms with E-state index in [1.165, 1.54) is 72.3 Å². The lowest BCUT2D eigenvalue weighted by atomic mass is 9.68. The van der Waals surface area contributed by atoms with Crippen molar-refractivity contribution in [1.29, 1.82) is 0 Å². The number of ether oxygens (including phenoxy) is 2. The lowest BCUT2D eigenvalue weighted by Gasteiger charge is -2.34. The summed E-state index contributed by atoms with van der Waals surface area (Å²) in [5.74, 6) is 2.75. The molecule has 0 radical (unpaired) electrons. The predicted octanol–water partition coefficient (Wildman–Crippen LogP) is 15.8. The van der Waals surface area contributed by atoms with Gasteiger partial charge in [0.2, 0.25) is 0 Å². The molecule has 65 heavy (non-hydrogen) atoms. The lowest BCUT2D eigenvalue weighted by Crippen LogP contribution is -2.28. The molecule has 1 aliphatic heterocycles. The Morgan fingerprint density at radius 2 is 0.738 bits per heavy atom. The third-order valence-electron chi connectivity index (χ3n) is 14.4. The topological polar surface area (TPSA) is 21.7 Å². The van der Waals surface area contributed by atoms with Crippen molar-refractivity contribution < 1.29 is 9.47 Å². The van der Waals surface area contributed by atoms with Crippen molar-refractivity contribution in [2.45, 2.75) is 10.8 Å². The molecule has 0 N–H and O–H groups in total. The minimum atomic E-state index is -0.489. The van der Waals surface area contributed by atoms with Crippen molar-refractivity contribution in [1.82, 2.24) is 0 Å². The molecule has 0 aromatic heterocycles. The molecule has 0 saturated heterocycles. The van der Waals surface area contributed by atoms with E-state index in [1.807, 2.05) is 6.07 Å². The first-order valence-corrected chi connectivity index (χ1v) is 22.4. The Balaban J connectivity index is 0.940. The predicted molar refractivity (Wildman–Crippen MR) is 261 cm³/mol. The monoisotopic (exact) mass is 829 g/mol. The van der Waals surface area contributed by atoms with E-state index in [2.05, 4.69) is 235 Å². The van der Waals surface area contributed by atoms with Gasteiger partial charge in [-0.15, -0.1) is 0 Å². The zero-order chi connectivity index (χ0) is 42.7. The van der Waals surface area contributed by atoms with E-state index in [4.69, 9.17) is 9.47 Å². The van der Waals surface area contributed by atoms with Gasteiger partial charge in [0.1, 0.15) is 0 Å². The Kier molecular flexibility index (Phi) is 7.53. The van der Waals surface area contributed by atoms with E-state index in [-0.39, 0.29) is 0 Å². The fraction of sp³-hybridized carbons (Fsp3) is 0.0323. The molecule has 0 saturated carbocycles. The first kappa shape index (κ1) is 36.1. The van der Waals surface area contributed by atoms with Gasteiger partial charge in [-0.3, -0.25) is 0 Å². The van der Waals surface area contributed by atoms with Gasteiger partial charge in [0.15, 0.2) is 23.0 Å². The molecule has 0 fully saturated rings. The van der Waals surface area contributed by atoms with Crippen LogP contribution in [0.15, 0.2) is 237 Å². The number of hydrogen-bond donors (Lipinski definition) is 0. The van der Waals surface area contributed by atoms with Gasteiger partial charge in [0.25, 0.3) is 0 Å². The van der Waals surface area contributed by atoms with Crippen LogP contribution < -0.4 is 14.4 Å². The lowest BCUT2D eigenvalue weighted by molar-refractivity contribution is 0.360. The summed E-state index contributed by atoms with van der Waals surface area (Å²) in [4.78, 5) is 2.31. The summed E-state index contributed by atoms with van der Waals surface area (Å²) in [5, 5.41) is 0.